The average Bonchev–Trinajstić information content (AvgIpc) is 3.26. The summed E-state index contributed by atoms with van der Waals surface area (Å²) in [6.07, 6.45) is 3.06. The maximum absolute atomic E-state index is 14.1. The van der Waals surface area contributed by atoms with Gasteiger partial charge in [0.1, 0.15) is 18.2 Å². The fourth-order valence-corrected chi connectivity index (χ4v) is 5.54. The molecule has 4 aromatic rings. The molecule has 2 aromatic carbocycles. The number of rotatable bonds is 9. The van der Waals surface area contributed by atoms with E-state index in [2.05, 4.69) is 9.47 Å². The third-order valence-corrected chi connectivity index (χ3v) is 8.00. The topological polar surface area (TPSA) is 89.7 Å². The monoisotopic (exact) mass is 564 g/mol. The Morgan fingerprint density at radius 3 is 2.65 bits per heavy atom. The Morgan fingerprint density at radius 1 is 1.10 bits per heavy atom. The van der Waals surface area contributed by atoms with Crippen molar-refractivity contribution in [3.8, 4) is 5.88 Å². The first-order chi connectivity index (χ1) is 19.4. The molecule has 40 heavy (non-hydrogen) atoms. The number of imidazole rings is 1. The maximum Gasteiger partial charge on any atom is 0.335 e. The molecule has 2 aliphatic rings. The molecule has 2 aromatic heterocycles. The molecule has 0 bridgehead atoms. The summed E-state index contributed by atoms with van der Waals surface area (Å²) in [6.45, 7) is 4.03. The van der Waals surface area contributed by atoms with Crippen LogP contribution < -0.4 is 4.74 Å². The maximum atomic E-state index is 14.1. The first kappa shape index (κ1) is 26.7. The lowest BCUT2D eigenvalue weighted by Gasteiger charge is -2.32. The number of carboxylic acid groups (broad SMARTS) is 1. The van der Waals surface area contributed by atoms with Crippen LogP contribution in [-0.4, -0.2) is 56.3 Å². The first-order valence-electron chi connectivity index (χ1n) is 13.5. The van der Waals surface area contributed by atoms with E-state index < -0.39 is 11.8 Å². The van der Waals surface area contributed by atoms with Crippen LogP contribution in [0.15, 0.2) is 54.6 Å². The number of nitrogens with zero attached hydrogens (tertiary/aromatic N) is 4. The predicted molar refractivity (Wildman–Crippen MR) is 148 cm³/mol. The Kier molecular flexibility index (Phi) is 7.69. The number of aromatic nitrogens is 3. The number of hydrogen-bond donors (Lipinski definition) is 1. The third-order valence-electron chi connectivity index (χ3n) is 7.76. The summed E-state index contributed by atoms with van der Waals surface area (Å²) in [7, 11) is 0. The van der Waals surface area contributed by atoms with Crippen LogP contribution in [0.4, 0.5) is 4.39 Å². The van der Waals surface area contributed by atoms with Gasteiger partial charge in [0.15, 0.2) is 0 Å². The first-order valence-corrected chi connectivity index (χ1v) is 13.9. The van der Waals surface area contributed by atoms with Crippen molar-refractivity contribution in [1.29, 1.82) is 0 Å². The molecule has 1 unspecified atom stereocenters. The summed E-state index contributed by atoms with van der Waals surface area (Å²) in [6, 6.07) is 15.4. The molecule has 8 nitrogen and oxygen atoms in total. The summed E-state index contributed by atoms with van der Waals surface area (Å²) < 4.78 is 27.8. The molecule has 2 saturated heterocycles. The Hall–Kier alpha value is -3.53. The number of ether oxygens (including phenoxy) is 2. The zero-order chi connectivity index (χ0) is 27.6. The van der Waals surface area contributed by atoms with Gasteiger partial charge in [-0.05, 0) is 68.8 Å². The lowest BCUT2D eigenvalue weighted by Crippen LogP contribution is -2.35. The molecular weight excluding hydrogens is 535 g/mol. The smallest absolute Gasteiger partial charge is 0.335 e. The van der Waals surface area contributed by atoms with E-state index in [1.165, 1.54) is 6.07 Å². The van der Waals surface area contributed by atoms with Gasteiger partial charge in [0, 0.05) is 34.9 Å². The van der Waals surface area contributed by atoms with E-state index >= 15 is 0 Å². The molecule has 208 valence electrons. The van der Waals surface area contributed by atoms with E-state index in [9.17, 15) is 14.3 Å². The van der Waals surface area contributed by atoms with Crippen molar-refractivity contribution in [2.75, 3.05) is 19.7 Å². The van der Waals surface area contributed by atoms with Crippen LogP contribution in [-0.2, 0) is 24.4 Å². The van der Waals surface area contributed by atoms with Crippen LogP contribution in [0.5, 0.6) is 5.88 Å². The highest BCUT2D eigenvalue weighted by Gasteiger charge is 2.26. The second kappa shape index (κ2) is 11.5. The van der Waals surface area contributed by atoms with E-state index in [4.69, 9.17) is 31.0 Å². The molecular formula is C30H30ClFN4O4. The number of benzene rings is 2. The summed E-state index contributed by atoms with van der Waals surface area (Å²) >= 11 is 5.84. The number of likely N-dealkylation sites (tertiary alicyclic amines) is 1. The molecule has 4 heterocycles. The molecule has 0 amide bonds. The number of aromatic carboxylic acids is 1. The van der Waals surface area contributed by atoms with Gasteiger partial charge >= 0.3 is 5.97 Å². The van der Waals surface area contributed by atoms with Gasteiger partial charge in [0.25, 0.3) is 0 Å². The van der Waals surface area contributed by atoms with E-state index in [1.54, 1.807) is 30.3 Å². The molecule has 2 fully saturated rings. The molecule has 6 rings (SSSR count). The van der Waals surface area contributed by atoms with E-state index in [1.807, 2.05) is 18.2 Å². The van der Waals surface area contributed by atoms with Crippen molar-refractivity contribution < 1.29 is 23.8 Å². The number of carbonyl (C=O) groups is 1. The minimum absolute atomic E-state index is 0.0821. The Labute approximate surface area is 236 Å². The molecule has 0 spiro atoms. The van der Waals surface area contributed by atoms with Gasteiger partial charge in [-0.2, -0.15) is 0 Å². The number of hydrogen-bond acceptors (Lipinski definition) is 6. The van der Waals surface area contributed by atoms with Crippen LogP contribution in [0, 0.1) is 5.82 Å². The zero-order valence-electron chi connectivity index (χ0n) is 21.9. The SMILES string of the molecule is O=C(O)c1ccc2c(c1)nc(CN1CCC(c3cccc(OCc4ccc(Cl)cc4F)n3)CC1)n2CC1CCO1. The lowest BCUT2D eigenvalue weighted by molar-refractivity contribution is -0.0592. The van der Waals surface area contributed by atoms with Crippen molar-refractivity contribution in [2.24, 2.45) is 0 Å². The second-order valence-corrected chi connectivity index (χ2v) is 10.8. The van der Waals surface area contributed by atoms with Crippen molar-refractivity contribution in [3.63, 3.8) is 0 Å². The average molecular weight is 565 g/mol. The van der Waals surface area contributed by atoms with Gasteiger partial charge in [0.05, 0.1) is 35.8 Å². The van der Waals surface area contributed by atoms with Crippen molar-refractivity contribution in [3.05, 3.63) is 88.1 Å². The largest absolute Gasteiger partial charge is 0.478 e. The van der Waals surface area contributed by atoms with Crippen LogP contribution in [0.25, 0.3) is 11.0 Å². The summed E-state index contributed by atoms with van der Waals surface area (Å²) in [5.41, 5.74) is 3.28. The number of piperidine rings is 1. The number of pyridine rings is 1. The normalized spacial score (nSPS) is 18.1. The molecule has 2 aliphatic heterocycles. The zero-order valence-corrected chi connectivity index (χ0v) is 22.7. The third kappa shape index (κ3) is 5.82. The molecule has 0 radical (unpaired) electrons. The van der Waals surface area contributed by atoms with Gasteiger partial charge in [0.2, 0.25) is 5.88 Å². The number of halogens is 2. The minimum atomic E-state index is -0.956. The van der Waals surface area contributed by atoms with Crippen molar-refractivity contribution in [2.45, 2.75) is 51.0 Å². The summed E-state index contributed by atoms with van der Waals surface area (Å²) in [4.78, 5) is 23.4. The fourth-order valence-electron chi connectivity index (χ4n) is 5.39. The van der Waals surface area contributed by atoms with Crippen LogP contribution in [0.2, 0.25) is 5.02 Å². The van der Waals surface area contributed by atoms with E-state index in [0.717, 1.165) is 56.0 Å². The Balaban J connectivity index is 1.11. The van der Waals surface area contributed by atoms with Gasteiger partial charge in [-0.25, -0.2) is 19.2 Å². The standard InChI is InChI=1S/C30H30ClFN4O4/c31-22-6-4-21(24(32)15-22)18-40-29-3-1-2-25(34-29)19-8-11-35(12-9-19)17-28-33-26-14-20(30(37)38)5-7-27(26)36(28)16-23-10-13-39-23/h1-7,14-15,19,23H,8-13,16-18H2,(H,37,38). The molecule has 1 atom stereocenters. The highest BCUT2D eigenvalue weighted by molar-refractivity contribution is 6.30. The number of carboxylic acids is 1. The fraction of sp³-hybridized carbons (Fsp3) is 0.367. The van der Waals surface area contributed by atoms with Gasteiger partial charge in [-0.3, -0.25) is 4.90 Å². The quantitative estimate of drug-likeness (QED) is 0.280. The summed E-state index contributed by atoms with van der Waals surface area (Å²) in [5, 5.41) is 9.77. The highest BCUT2D eigenvalue weighted by atomic mass is 35.5. The van der Waals surface area contributed by atoms with E-state index in [0.29, 0.717) is 41.0 Å². The molecule has 0 saturated carbocycles. The molecule has 1 N–H and O–H groups in total. The van der Waals surface area contributed by atoms with E-state index in [-0.39, 0.29) is 18.3 Å². The molecule has 10 heteroatoms. The van der Waals surface area contributed by atoms with Gasteiger partial charge in [-0.15, -0.1) is 0 Å². The van der Waals surface area contributed by atoms with Crippen molar-refractivity contribution >= 4 is 28.6 Å². The van der Waals surface area contributed by atoms with Crippen LogP contribution >= 0.6 is 11.6 Å². The Bertz CT molecular complexity index is 1530. The minimum Gasteiger partial charge on any atom is -0.478 e. The van der Waals surface area contributed by atoms with Crippen molar-refractivity contribution in [1.82, 2.24) is 19.4 Å². The van der Waals surface area contributed by atoms with Gasteiger partial charge < -0.3 is 19.1 Å². The van der Waals surface area contributed by atoms with Crippen LogP contribution in [0.3, 0.4) is 0 Å². The van der Waals surface area contributed by atoms with Crippen LogP contribution in [0.1, 0.15) is 52.6 Å². The highest BCUT2D eigenvalue weighted by Crippen LogP contribution is 2.30. The molecule has 0 aliphatic carbocycles. The lowest BCUT2D eigenvalue weighted by atomic mass is 9.93. The second-order valence-electron chi connectivity index (χ2n) is 10.4. The predicted octanol–water partition coefficient (Wildman–Crippen LogP) is 5.67. The van der Waals surface area contributed by atoms with Gasteiger partial charge in [-0.1, -0.05) is 23.7 Å². The summed E-state index contributed by atoms with van der Waals surface area (Å²) in [5.74, 6) is 0.346. The Morgan fingerprint density at radius 2 is 1.93 bits per heavy atom. The number of fused-ring (bicyclic) bond motifs is 1.